The fourth-order valence-corrected chi connectivity index (χ4v) is 2.29. The molecule has 0 fully saturated rings. The molecule has 12 heteroatoms. The Morgan fingerprint density at radius 3 is 1.07 bits per heavy atom. The van der Waals surface area contributed by atoms with E-state index in [1.165, 1.54) is 0 Å². The largest absolute Gasteiger partial charge is 0.480 e. The lowest BCUT2D eigenvalue weighted by Gasteiger charge is -2.06. The molecule has 0 bridgehead atoms. The quantitative estimate of drug-likeness (QED) is 0.154. The third-order valence-corrected chi connectivity index (χ3v) is 3.82. The Morgan fingerprint density at radius 2 is 0.733 bits per heavy atom. The predicted molar refractivity (Wildman–Crippen MR) is 104 cm³/mol. The van der Waals surface area contributed by atoms with Gasteiger partial charge in [-0.3, -0.25) is 28.8 Å². The van der Waals surface area contributed by atoms with Crippen molar-refractivity contribution in [2.75, 3.05) is 26.2 Å². The lowest BCUT2D eigenvalue weighted by atomic mass is 10.1. The van der Waals surface area contributed by atoms with Crippen LogP contribution in [-0.4, -0.2) is 72.0 Å². The number of unbranched alkanes of at least 4 members (excludes halogenated alkanes) is 5. The van der Waals surface area contributed by atoms with E-state index in [-0.39, 0.29) is 37.7 Å². The highest BCUT2D eigenvalue weighted by atomic mass is 16.4. The van der Waals surface area contributed by atoms with Gasteiger partial charge in [0.1, 0.15) is 13.1 Å². The Morgan fingerprint density at radius 1 is 0.433 bits per heavy atom. The average Bonchev–Trinajstić information content (AvgIpc) is 2.69. The summed E-state index contributed by atoms with van der Waals surface area (Å²) in [6.45, 7) is -1.48. The molecule has 6 N–H and O–H groups in total. The number of carboxylic acids is 2. The molecule has 30 heavy (non-hydrogen) atoms. The van der Waals surface area contributed by atoms with Crippen LogP contribution >= 0.6 is 0 Å². The Bertz CT molecular complexity index is 557. The smallest absolute Gasteiger partial charge is 0.322 e. The van der Waals surface area contributed by atoms with E-state index in [0.29, 0.717) is 12.8 Å². The topological polar surface area (TPSA) is 191 Å². The maximum atomic E-state index is 11.6. The standard InChI is InChI=1S/C18H30N4O8/c23-13(19-9-15(25)21-11-17(27)28)7-5-3-1-2-4-6-8-14(24)20-10-16(26)22-12-18(29)30/h1-12H2,(H,19,23)(H,20,24)(H,21,25)(H,22,26)(H,27,28)(H,29,30). The summed E-state index contributed by atoms with van der Waals surface area (Å²) in [6.07, 6.45) is 5.32. The van der Waals surface area contributed by atoms with Crippen LogP contribution in [0, 0.1) is 0 Å². The van der Waals surface area contributed by atoms with Crippen molar-refractivity contribution in [1.82, 2.24) is 21.3 Å². The summed E-state index contributed by atoms with van der Waals surface area (Å²) in [5, 5.41) is 25.9. The second kappa shape index (κ2) is 16.7. The van der Waals surface area contributed by atoms with Crippen molar-refractivity contribution in [2.24, 2.45) is 0 Å². The zero-order chi connectivity index (χ0) is 22.8. The monoisotopic (exact) mass is 430 g/mol. The molecule has 0 radical (unpaired) electrons. The molecule has 0 saturated carbocycles. The lowest BCUT2D eigenvalue weighted by Crippen LogP contribution is -2.38. The molecule has 170 valence electrons. The average molecular weight is 430 g/mol. The van der Waals surface area contributed by atoms with Crippen molar-refractivity contribution in [2.45, 2.75) is 51.4 Å². The van der Waals surface area contributed by atoms with Gasteiger partial charge in [0, 0.05) is 12.8 Å². The van der Waals surface area contributed by atoms with E-state index in [4.69, 9.17) is 10.2 Å². The van der Waals surface area contributed by atoms with Crippen LogP contribution in [-0.2, 0) is 28.8 Å². The molecule has 4 amide bonds. The van der Waals surface area contributed by atoms with Gasteiger partial charge in [0.2, 0.25) is 23.6 Å². The summed E-state index contributed by atoms with van der Waals surface area (Å²) in [6, 6.07) is 0. The van der Waals surface area contributed by atoms with Crippen LogP contribution in [0.5, 0.6) is 0 Å². The first kappa shape index (κ1) is 26.8. The van der Waals surface area contributed by atoms with Gasteiger partial charge >= 0.3 is 11.9 Å². The van der Waals surface area contributed by atoms with Crippen molar-refractivity contribution in [1.29, 1.82) is 0 Å². The second-order valence-corrected chi connectivity index (χ2v) is 6.52. The Labute approximate surface area is 174 Å². The number of rotatable bonds is 17. The Hall–Kier alpha value is -3.18. The summed E-state index contributed by atoms with van der Waals surface area (Å²) < 4.78 is 0. The van der Waals surface area contributed by atoms with Gasteiger partial charge in [0.15, 0.2) is 0 Å². The van der Waals surface area contributed by atoms with Crippen LogP contribution in [0.2, 0.25) is 0 Å². The van der Waals surface area contributed by atoms with Crippen LogP contribution in [0.25, 0.3) is 0 Å². The van der Waals surface area contributed by atoms with Crippen LogP contribution in [0.15, 0.2) is 0 Å². The number of carbonyl (C=O) groups is 6. The van der Waals surface area contributed by atoms with Crippen molar-refractivity contribution >= 4 is 35.6 Å². The van der Waals surface area contributed by atoms with E-state index >= 15 is 0 Å². The third-order valence-electron chi connectivity index (χ3n) is 3.82. The van der Waals surface area contributed by atoms with Gasteiger partial charge in [-0.05, 0) is 12.8 Å². The van der Waals surface area contributed by atoms with E-state index in [2.05, 4.69) is 21.3 Å². The lowest BCUT2D eigenvalue weighted by molar-refractivity contribution is -0.138. The van der Waals surface area contributed by atoms with Gasteiger partial charge in [-0.1, -0.05) is 25.7 Å². The van der Waals surface area contributed by atoms with Gasteiger partial charge in [-0.25, -0.2) is 0 Å². The third kappa shape index (κ3) is 18.2. The number of hydrogen-bond acceptors (Lipinski definition) is 6. The first-order valence-corrected chi connectivity index (χ1v) is 9.71. The van der Waals surface area contributed by atoms with Crippen molar-refractivity contribution in [3.05, 3.63) is 0 Å². The van der Waals surface area contributed by atoms with Crippen molar-refractivity contribution < 1.29 is 39.0 Å². The number of nitrogens with one attached hydrogen (secondary N) is 4. The molecule has 0 aliphatic heterocycles. The van der Waals surface area contributed by atoms with Crippen molar-refractivity contribution in [3.63, 3.8) is 0 Å². The number of amides is 4. The minimum Gasteiger partial charge on any atom is -0.480 e. The van der Waals surface area contributed by atoms with Gasteiger partial charge in [0.05, 0.1) is 13.1 Å². The fraction of sp³-hybridized carbons (Fsp3) is 0.667. The molecule has 0 spiro atoms. The molecule has 0 aromatic rings. The normalized spacial score (nSPS) is 10.0. The molecule has 0 heterocycles. The SMILES string of the molecule is O=C(O)CNC(=O)CNC(=O)CCCCCCCCC(=O)NCC(=O)NCC(=O)O. The second-order valence-electron chi connectivity index (χ2n) is 6.52. The summed E-state index contributed by atoms with van der Waals surface area (Å²) in [5.41, 5.74) is 0. The molecule has 0 saturated heterocycles. The van der Waals surface area contributed by atoms with E-state index in [1.807, 2.05) is 0 Å². The molecule has 0 unspecified atom stereocenters. The highest BCUT2D eigenvalue weighted by Gasteiger charge is 2.08. The van der Waals surface area contributed by atoms with Gasteiger partial charge < -0.3 is 31.5 Å². The van der Waals surface area contributed by atoms with E-state index < -0.39 is 36.8 Å². The molecule has 12 nitrogen and oxygen atoms in total. The maximum absolute atomic E-state index is 11.6. The molecule has 0 rings (SSSR count). The zero-order valence-corrected chi connectivity index (χ0v) is 16.8. The number of carbonyl (C=O) groups excluding carboxylic acids is 4. The first-order chi connectivity index (χ1) is 14.2. The van der Waals surface area contributed by atoms with Gasteiger partial charge in [-0.15, -0.1) is 0 Å². The minimum absolute atomic E-state index is 0.255. The highest BCUT2D eigenvalue weighted by molar-refractivity contribution is 5.87. The fourth-order valence-electron chi connectivity index (χ4n) is 2.29. The van der Waals surface area contributed by atoms with Crippen LogP contribution in [0.3, 0.4) is 0 Å². The maximum Gasteiger partial charge on any atom is 0.322 e. The van der Waals surface area contributed by atoms with E-state index in [0.717, 1.165) is 25.7 Å². The Balaban J connectivity index is 3.52. The number of aliphatic carboxylic acids is 2. The summed E-state index contributed by atoms with van der Waals surface area (Å²) in [7, 11) is 0. The van der Waals surface area contributed by atoms with Crippen LogP contribution in [0.4, 0.5) is 0 Å². The van der Waals surface area contributed by atoms with Gasteiger partial charge in [0.25, 0.3) is 0 Å². The molecule has 0 atom stereocenters. The molecule has 0 aromatic heterocycles. The van der Waals surface area contributed by atoms with E-state index in [9.17, 15) is 28.8 Å². The molecular weight excluding hydrogens is 400 g/mol. The first-order valence-electron chi connectivity index (χ1n) is 9.71. The number of carboxylic acid groups (broad SMARTS) is 2. The summed E-state index contributed by atoms with van der Waals surface area (Å²) in [5.74, 6) is -3.98. The van der Waals surface area contributed by atoms with E-state index in [1.54, 1.807) is 0 Å². The summed E-state index contributed by atoms with van der Waals surface area (Å²) >= 11 is 0. The van der Waals surface area contributed by atoms with Crippen LogP contribution in [0.1, 0.15) is 51.4 Å². The Kier molecular flexibility index (Phi) is 15.0. The van der Waals surface area contributed by atoms with Crippen LogP contribution < -0.4 is 21.3 Å². The molecule has 0 aliphatic carbocycles. The van der Waals surface area contributed by atoms with Gasteiger partial charge in [-0.2, -0.15) is 0 Å². The zero-order valence-electron chi connectivity index (χ0n) is 16.8. The van der Waals surface area contributed by atoms with Crippen molar-refractivity contribution in [3.8, 4) is 0 Å². The molecule has 0 aliphatic rings. The summed E-state index contributed by atoms with van der Waals surface area (Å²) in [4.78, 5) is 66.2. The highest BCUT2D eigenvalue weighted by Crippen LogP contribution is 2.08. The molecular formula is C18H30N4O8. The predicted octanol–water partition coefficient (Wildman–Crippen LogP) is -1.26. The minimum atomic E-state index is -1.16. The molecule has 0 aromatic carbocycles. The number of hydrogen-bond donors (Lipinski definition) is 6.